The van der Waals surface area contributed by atoms with Gasteiger partial charge >= 0.3 is 0 Å². The van der Waals surface area contributed by atoms with E-state index in [0.29, 0.717) is 11.6 Å². The predicted molar refractivity (Wildman–Crippen MR) is 139 cm³/mol. The van der Waals surface area contributed by atoms with Gasteiger partial charge in [0.15, 0.2) is 5.01 Å². The molecule has 0 aliphatic carbocycles. The van der Waals surface area contributed by atoms with E-state index < -0.39 is 0 Å². The molecule has 2 fully saturated rings. The zero-order valence-corrected chi connectivity index (χ0v) is 20.9. The Bertz CT molecular complexity index is 1410. The summed E-state index contributed by atoms with van der Waals surface area (Å²) in [5, 5.41) is 28.3. The quantitative estimate of drug-likeness (QED) is 0.441. The average Bonchev–Trinajstić information content (AvgIpc) is 3.57. The van der Waals surface area contributed by atoms with Crippen LogP contribution in [0.3, 0.4) is 0 Å². The Balaban J connectivity index is 1.36. The number of pyridine rings is 1. The van der Waals surface area contributed by atoms with Crippen molar-refractivity contribution in [2.45, 2.75) is 18.9 Å². The fourth-order valence-corrected chi connectivity index (χ4v) is 5.57. The van der Waals surface area contributed by atoms with Crippen molar-refractivity contribution in [3.63, 3.8) is 0 Å². The fraction of sp³-hybridized carbons (Fsp3) is 0.400. The van der Waals surface area contributed by atoms with Gasteiger partial charge in [0.05, 0.1) is 34.2 Å². The third-order valence-electron chi connectivity index (χ3n) is 6.80. The van der Waals surface area contributed by atoms with Crippen molar-refractivity contribution in [1.29, 1.82) is 5.26 Å². The Kier molecular flexibility index (Phi) is 6.23. The molecule has 0 bridgehead atoms. The Morgan fingerprint density at radius 2 is 1.92 bits per heavy atom. The molecule has 184 valence electrons. The summed E-state index contributed by atoms with van der Waals surface area (Å²) in [6, 6.07) is 10.3. The summed E-state index contributed by atoms with van der Waals surface area (Å²) >= 11 is 1.61. The highest BCUT2D eigenvalue weighted by molar-refractivity contribution is 7.18. The van der Waals surface area contributed by atoms with Crippen molar-refractivity contribution in [2.75, 3.05) is 56.7 Å². The lowest BCUT2D eigenvalue weighted by Gasteiger charge is -2.31. The van der Waals surface area contributed by atoms with Crippen molar-refractivity contribution < 1.29 is 4.74 Å². The molecule has 2 aliphatic heterocycles. The predicted octanol–water partition coefficient (Wildman–Crippen LogP) is 3.13. The number of aromatic nitrogens is 5. The first-order valence-corrected chi connectivity index (χ1v) is 13.0. The van der Waals surface area contributed by atoms with Crippen LogP contribution in [0.25, 0.3) is 27.5 Å². The van der Waals surface area contributed by atoms with Crippen LogP contribution in [-0.4, -0.2) is 82.2 Å². The summed E-state index contributed by atoms with van der Waals surface area (Å²) in [6.07, 6.45) is 5.36. The van der Waals surface area contributed by atoms with Crippen molar-refractivity contribution in [3.05, 3.63) is 42.2 Å². The van der Waals surface area contributed by atoms with Crippen molar-refractivity contribution in [2.24, 2.45) is 0 Å². The maximum absolute atomic E-state index is 9.20. The minimum Gasteiger partial charge on any atom is -0.381 e. The molecule has 1 N–H and O–H groups in total. The summed E-state index contributed by atoms with van der Waals surface area (Å²) in [4.78, 5) is 9.44. The number of nitriles is 1. The maximum Gasteiger partial charge on any atom is 0.208 e. The lowest BCUT2D eigenvalue weighted by molar-refractivity contribution is 0.0904. The number of hydrogen-bond donors (Lipinski definition) is 1. The Labute approximate surface area is 213 Å². The van der Waals surface area contributed by atoms with Crippen LogP contribution < -0.4 is 10.2 Å². The normalized spacial score (nSPS) is 17.4. The maximum atomic E-state index is 9.20. The van der Waals surface area contributed by atoms with Crippen LogP contribution in [0.1, 0.15) is 18.4 Å². The molecule has 4 aromatic rings. The SMILES string of the molecule is CN1CCN(c2nnc(-c3cnc(-c4ccc5cc(C#N)cnn45)cc3NC3CCOCC3)s2)CC1. The number of nitrogens with zero attached hydrogens (tertiary/aromatic N) is 8. The van der Waals surface area contributed by atoms with E-state index >= 15 is 0 Å². The van der Waals surface area contributed by atoms with Gasteiger partial charge in [0.2, 0.25) is 5.13 Å². The van der Waals surface area contributed by atoms with E-state index in [1.54, 1.807) is 17.5 Å². The van der Waals surface area contributed by atoms with Gasteiger partial charge in [0.1, 0.15) is 6.07 Å². The molecule has 0 amide bonds. The summed E-state index contributed by atoms with van der Waals surface area (Å²) in [5.74, 6) is 0. The molecule has 0 radical (unpaired) electrons. The van der Waals surface area contributed by atoms with Crippen LogP contribution in [0.5, 0.6) is 0 Å². The number of anilines is 2. The molecule has 36 heavy (non-hydrogen) atoms. The number of hydrogen-bond acceptors (Lipinski definition) is 10. The molecule has 0 aromatic carbocycles. The van der Waals surface area contributed by atoms with E-state index in [4.69, 9.17) is 9.72 Å². The molecule has 11 heteroatoms. The fourth-order valence-electron chi connectivity index (χ4n) is 4.65. The number of ether oxygens (including phenoxy) is 1. The lowest BCUT2D eigenvalue weighted by Crippen LogP contribution is -2.44. The van der Waals surface area contributed by atoms with Gasteiger partial charge in [-0.1, -0.05) is 11.3 Å². The molecule has 10 nitrogen and oxygen atoms in total. The zero-order valence-electron chi connectivity index (χ0n) is 20.1. The second-order valence-electron chi connectivity index (χ2n) is 9.24. The smallest absolute Gasteiger partial charge is 0.208 e. The zero-order chi connectivity index (χ0) is 24.5. The van der Waals surface area contributed by atoms with Crippen LogP contribution in [0.2, 0.25) is 0 Å². The van der Waals surface area contributed by atoms with Crippen molar-refractivity contribution in [1.82, 2.24) is 29.7 Å². The Hall–Kier alpha value is -3.59. The van der Waals surface area contributed by atoms with Gasteiger partial charge in [-0.2, -0.15) is 10.4 Å². The number of likely N-dealkylation sites (N-methyl/N-ethyl adjacent to an activating group) is 1. The Morgan fingerprint density at radius 1 is 1.08 bits per heavy atom. The summed E-state index contributed by atoms with van der Waals surface area (Å²) in [6.45, 7) is 5.47. The molecule has 0 atom stereocenters. The van der Waals surface area contributed by atoms with Gasteiger partial charge in [0, 0.05) is 57.3 Å². The topological polar surface area (TPSA) is 108 Å². The van der Waals surface area contributed by atoms with Gasteiger partial charge in [-0.15, -0.1) is 10.2 Å². The molecule has 0 spiro atoms. The van der Waals surface area contributed by atoms with Crippen LogP contribution in [-0.2, 0) is 4.74 Å². The highest BCUT2D eigenvalue weighted by Gasteiger charge is 2.22. The van der Waals surface area contributed by atoms with Crippen molar-refractivity contribution >= 4 is 27.7 Å². The van der Waals surface area contributed by atoms with Crippen LogP contribution in [0, 0.1) is 11.3 Å². The first kappa shape index (κ1) is 22.8. The highest BCUT2D eigenvalue weighted by Crippen LogP contribution is 2.36. The molecule has 4 aromatic heterocycles. The molecule has 0 saturated carbocycles. The minimum absolute atomic E-state index is 0.318. The van der Waals surface area contributed by atoms with Gasteiger partial charge in [-0.25, -0.2) is 4.52 Å². The summed E-state index contributed by atoms with van der Waals surface area (Å²) < 4.78 is 7.38. The van der Waals surface area contributed by atoms with Crippen LogP contribution in [0.4, 0.5) is 10.8 Å². The van der Waals surface area contributed by atoms with E-state index in [-0.39, 0.29) is 0 Å². The standard InChI is InChI=1S/C25H27N9OS/c1-32-6-8-33(9-7-32)25-31-30-24(36-25)20-16-27-22(13-21(20)29-18-4-10-35-11-5-18)23-3-2-19-12-17(14-26)15-28-34(19)23/h2-3,12-13,15-16,18H,4-11H2,1H3,(H,27,29). The molecule has 6 rings (SSSR count). The largest absolute Gasteiger partial charge is 0.381 e. The molecule has 0 unspecified atom stereocenters. The summed E-state index contributed by atoms with van der Waals surface area (Å²) in [7, 11) is 2.15. The second-order valence-corrected chi connectivity index (χ2v) is 10.2. The first-order chi connectivity index (χ1) is 17.7. The molecule has 2 saturated heterocycles. The molecular weight excluding hydrogens is 474 g/mol. The van der Waals surface area contributed by atoms with Crippen LogP contribution >= 0.6 is 11.3 Å². The van der Waals surface area contributed by atoms with Gasteiger partial charge < -0.3 is 19.9 Å². The number of piperazine rings is 1. The van der Waals surface area contributed by atoms with E-state index in [1.165, 1.54) is 0 Å². The number of fused-ring (bicyclic) bond motifs is 1. The van der Waals surface area contributed by atoms with Crippen LogP contribution in [0.15, 0.2) is 36.7 Å². The summed E-state index contributed by atoms with van der Waals surface area (Å²) in [5.41, 5.74) is 4.99. The van der Waals surface area contributed by atoms with E-state index in [9.17, 15) is 5.26 Å². The average molecular weight is 502 g/mol. The van der Waals surface area contributed by atoms with Crippen molar-refractivity contribution in [3.8, 4) is 28.0 Å². The molecule has 6 heterocycles. The van der Waals surface area contributed by atoms with E-state index in [0.717, 1.165) is 90.5 Å². The third kappa shape index (κ3) is 4.51. The highest BCUT2D eigenvalue weighted by atomic mass is 32.1. The first-order valence-electron chi connectivity index (χ1n) is 12.2. The number of rotatable bonds is 5. The lowest BCUT2D eigenvalue weighted by atomic mass is 10.1. The van der Waals surface area contributed by atoms with Gasteiger partial charge in [-0.3, -0.25) is 4.98 Å². The van der Waals surface area contributed by atoms with Gasteiger partial charge in [-0.05, 0) is 44.2 Å². The minimum atomic E-state index is 0.318. The second kappa shape index (κ2) is 9.81. The van der Waals surface area contributed by atoms with E-state index in [2.05, 4.69) is 49.6 Å². The Morgan fingerprint density at radius 3 is 2.72 bits per heavy atom. The van der Waals surface area contributed by atoms with E-state index in [1.807, 2.05) is 28.9 Å². The van der Waals surface area contributed by atoms with Gasteiger partial charge in [0.25, 0.3) is 0 Å². The molecule has 2 aliphatic rings. The third-order valence-corrected chi connectivity index (χ3v) is 7.81. The number of nitrogens with one attached hydrogen (secondary N) is 1. The monoisotopic (exact) mass is 501 g/mol. The molecular formula is C25H27N9OS.